The number of benzene rings is 1. The Balaban J connectivity index is 2.23. The van der Waals surface area contributed by atoms with E-state index in [1.807, 2.05) is 5.48 Å². The van der Waals surface area contributed by atoms with Gasteiger partial charge in [-0.3, -0.25) is 10.7 Å². The standard InChI is InChI=1S/C9H12FN5O2/c10-5-2-1-3-6(4-5)12-9(13-16)7-8(11)15-17-14-7/h1-4,7-8,14-16H,11H2,(H,12,13). The van der Waals surface area contributed by atoms with Crippen LogP contribution in [0.15, 0.2) is 29.3 Å². The van der Waals surface area contributed by atoms with Gasteiger partial charge in [-0.2, -0.15) is 11.0 Å². The van der Waals surface area contributed by atoms with E-state index >= 15 is 0 Å². The SMILES string of the molecule is NC1NONC1C(=Nc1cccc(F)c1)NO. The predicted molar refractivity (Wildman–Crippen MR) is 57.5 cm³/mol. The smallest absolute Gasteiger partial charge is 0.148 e. The maximum atomic E-state index is 12.9. The summed E-state index contributed by atoms with van der Waals surface area (Å²) in [6.07, 6.45) is -0.582. The number of amidine groups is 1. The van der Waals surface area contributed by atoms with E-state index in [0.29, 0.717) is 5.69 Å². The van der Waals surface area contributed by atoms with Crippen molar-refractivity contribution in [3.8, 4) is 0 Å². The molecule has 2 atom stereocenters. The molecule has 17 heavy (non-hydrogen) atoms. The molecule has 1 aliphatic heterocycles. The van der Waals surface area contributed by atoms with Crippen molar-refractivity contribution < 1.29 is 14.5 Å². The number of hydrogen-bond acceptors (Lipinski definition) is 6. The van der Waals surface area contributed by atoms with Gasteiger partial charge >= 0.3 is 0 Å². The van der Waals surface area contributed by atoms with Crippen LogP contribution >= 0.6 is 0 Å². The Kier molecular flexibility index (Phi) is 3.61. The van der Waals surface area contributed by atoms with Crippen LogP contribution in [0.4, 0.5) is 10.1 Å². The zero-order valence-corrected chi connectivity index (χ0v) is 8.72. The molecular weight excluding hydrogens is 229 g/mol. The zero-order chi connectivity index (χ0) is 12.3. The first-order chi connectivity index (χ1) is 8.20. The fraction of sp³-hybridized carbons (Fsp3) is 0.222. The lowest BCUT2D eigenvalue weighted by Gasteiger charge is -2.13. The molecule has 8 heteroatoms. The van der Waals surface area contributed by atoms with E-state index in [0.717, 1.165) is 0 Å². The Morgan fingerprint density at radius 1 is 1.53 bits per heavy atom. The molecule has 1 fully saturated rings. The van der Waals surface area contributed by atoms with Gasteiger partial charge in [-0.15, -0.1) is 0 Å². The highest BCUT2D eigenvalue weighted by Crippen LogP contribution is 2.14. The second kappa shape index (κ2) is 5.17. The summed E-state index contributed by atoms with van der Waals surface area (Å²) in [4.78, 5) is 8.71. The molecule has 1 aromatic rings. The van der Waals surface area contributed by atoms with Crippen molar-refractivity contribution in [1.82, 2.24) is 16.4 Å². The van der Waals surface area contributed by atoms with Gasteiger partial charge in [-0.1, -0.05) is 6.07 Å². The third-order valence-corrected chi connectivity index (χ3v) is 2.21. The van der Waals surface area contributed by atoms with E-state index in [1.54, 1.807) is 6.07 Å². The fourth-order valence-electron chi connectivity index (χ4n) is 1.38. The van der Waals surface area contributed by atoms with Crippen molar-refractivity contribution in [3.63, 3.8) is 0 Å². The molecule has 2 rings (SSSR count). The maximum Gasteiger partial charge on any atom is 0.148 e. The molecule has 0 saturated carbocycles. The molecule has 7 nitrogen and oxygen atoms in total. The van der Waals surface area contributed by atoms with Crippen LogP contribution in [-0.4, -0.2) is 23.3 Å². The summed E-state index contributed by atoms with van der Waals surface area (Å²) in [5.74, 6) is -0.297. The maximum absolute atomic E-state index is 12.9. The Labute approximate surface area is 96.3 Å². The quantitative estimate of drug-likeness (QED) is 0.272. The molecule has 6 N–H and O–H groups in total. The summed E-state index contributed by atoms with van der Waals surface area (Å²) in [6.45, 7) is 0. The van der Waals surface area contributed by atoms with Crippen LogP contribution < -0.4 is 22.2 Å². The highest BCUT2D eigenvalue weighted by molar-refractivity contribution is 5.89. The minimum absolute atomic E-state index is 0.119. The number of nitrogens with zero attached hydrogens (tertiary/aromatic N) is 1. The van der Waals surface area contributed by atoms with Crippen molar-refractivity contribution in [2.24, 2.45) is 10.7 Å². The zero-order valence-electron chi connectivity index (χ0n) is 8.72. The van der Waals surface area contributed by atoms with Crippen molar-refractivity contribution in [2.75, 3.05) is 0 Å². The Hall–Kier alpha value is -1.58. The Morgan fingerprint density at radius 2 is 2.35 bits per heavy atom. The number of halogens is 1. The van der Waals surface area contributed by atoms with E-state index in [1.165, 1.54) is 18.2 Å². The monoisotopic (exact) mass is 241 g/mol. The molecule has 1 saturated heterocycles. The Morgan fingerprint density at radius 3 is 2.94 bits per heavy atom. The van der Waals surface area contributed by atoms with Crippen LogP contribution in [0.25, 0.3) is 0 Å². The second-order valence-corrected chi connectivity index (χ2v) is 3.43. The Bertz CT molecular complexity index is 428. The van der Waals surface area contributed by atoms with Gasteiger partial charge in [0.25, 0.3) is 0 Å². The largest absolute Gasteiger partial charge is 0.312 e. The van der Waals surface area contributed by atoms with Crippen LogP contribution in [0.2, 0.25) is 0 Å². The van der Waals surface area contributed by atoms with Crippen LogP contribution in [0, 0.1) is 5.82 Å². The van der Waals surface area contributed by atoms with Gasteiger partial charge < -0.3 is 5.73 Å². The van der Waals surface area contributed by atoms with Crippen molar-refractivity contribution in [2.45, 2.75) is 12.2 Å². The minimum Gasteiger partial charge on any atom is -0.312 e. The molecule has 1 aliphatic rings. The molecule has 2 unspecified atom stereocenters. The molecule has 1 aromatic carbocycles. The van der Waals surface area contributed by atoms with Crippen molar-refractivity contribution in [3.05, 3.63) is 30.1 Å². The van der Waals surface area contributed by atoms with Gasteiger partial charge in [-0.25, -0.2) is 14.3 Å². The topological polar surface area (TPSA) is 104 Å². The van der Waals surface area contributed by atoms with E-state index in [-0.39, 0.29) is 5.84 Å². The van der Waals surface area contributed by atoms with Crippen LogP contribution in [0.1, 0.15) is 0 Å². The second-order valence-electron chi connectivity index (χ2n) is 3.43. The number of hydroxylamine groups is 3. The third kappa shape index (κ3) is 2.75. The van der Waals surface area contributed by atoms with Gasteiger partial charge in [0.1, 0.15) is 23.9 Å². The summed E-state index contributed by atoms with van der Waals surface area (Å²) < 4.78 is 12.9. The summed E-state index contributed by atoms with van der Waals surface area (Å²) in [7, 11) is 0. The van der Waals surface area contributed by atoms with E-state index in [9.17, 15) is 4.39 Å². The van der Waals surface area contributed by atoms with Crippen molar-refractivity contribution in [1.29, 1.82) is 0 Å². The van der Waals surface area contributed by atoms with E-state index < -0.39 is 18.0 Å². The number of hydrogen-bond donors (Lipinski definition) is 5. The molecule has 0 bridgehead atoms. The highest BCUT2D eigenvalue weighted by atomic mass is 19.1. The molecule has 0 spiro atoms. The average Bonchev–Trinajstić information content (AvgIpc) is 2.72. The first kappa shape index (κ1) is 11.9. The van der Waals surface area contributed by atoms with Gasteiger partial charge in [-0.05, 0) is 18.2 Å². The van der Waals surface area contributed by atoms with E-state index in [2.05, 4.69) is 20.9 Å². The van der Waals surface area contributed by atoms with Crippen LogP contribution in [-0.2, 0) is 4.94 Å². The highest BCUT2D eigenvalue weighted by Gasteiger charge is 2.29. The molecule has 0 amide bonds. The van der Waals surface area contributed by atoms with E-state index in [4.69, 9.17) is 10.9 Å². The number of aliphatic imine (C=N–C) groups is 1. The minimum atomic E-state index is -0.582. The summed E-state index contributed by atoms with van der Waals surface area (Å²) in [5.41, 5.74) is 12.8. The first-order valence-corrected chi connectivity index (χ1v) is 4.87. The fourth-order valence-corrected chi connectivity index (χ4v) is 1.38. The number of nitrogens with two attached hydrogens (primary N) is 1. The first-order valence-electron chi connectivity index (χ1n) is 4.87. The number of nitrogens with one attached hydrogen (secondary N) is 3. The van der Waals surface area contributed by atoms with Gasteiger partial charge in [0, 0.05) is 0 Å². The molecule has 0 aromatic heterocycles. The molecule has 0 radical (unpaired) electrons. The average molecular weight is 241 g/mol. The lowest BCUT2D eigenvalue weighted by molar-refractivity contribution is 0.0121. The lowest BCUT2D eigenvalue weighted by atomic mass is 10.2. The number of rotatable bonds is 2. The van der Waals surface area contributed by atoms with Crippen LogP contribution in [0.3, 0.4) is 0 Å². The van der Waals surface area contributed by atoms with Gasteiger partial charge in [0.2, 0.25) is 0 Å². The normalized spacial score (nSPS) is 25.0. The summed E-state index contributed by atoms with van der Waals surface area (Å²) >= 11 is 0. The predicted octanol–water partition coefficient (Wildman–Crippen LogP) is -0.473. The molecule has 92 valence electrons. The summed E-state index contributed by atoms with van der Waals surface area (Å²) in [6, 6.07) is 5.07. The molecular formula is C9H12FN5O2. The van der Waals surface area contributed by atoms with Gasteiger partial charge in [0.15, 0.2) is 0 Å². The third-order valence-electron chi connectivity index (χ3n) is 2.21. The van der Waals surface area contributed by atoms with Crippen molar-refractivity contribution >= 4 is 11.5 Å². The molecule has 1 heterocycles. The van der Waals surface area contributed by atoms with Gasteiger partial charge in [0.05, 0.1) is 5.69 Å². The summed E-state index contributed by atoms with van der Waals surface area (Å²) in [5, 5.41) is 8.98. The lowest BCUT2D eigenvalue weighted by Crippen LogP contribution is -2.50. The van der Waals surface area contributed by atoms with Crippen LogP contribution in [0.5, 0.6) is 0 Å². The molecule has 0 aliphatic carbocycles.